The van der Waals surface area contributed by atoms with Gasteiger partial charge in [0, 0.05) is 6.20 Å². The van der Waals surface area contributed by atoms with Crippen molar-refractivity contribution in [2.24, 2.45) is 0 Å². The van der Waals surface area contributed by atoms with Gasteiger partial charge in [-0.3, -0.25) is 4.98 Å². The number of aromatic nitrogens is 1. The van der Waals surface area contributed by atoms with E-state index >= 15 is 0 Å². The quantitative estimate of drug-likeness (QED) is 0.678. The van der Waals surface area contributed by atoms with E-state index in [2.05, 4.69) is 11.9 Å². The SMILES string of the molecule is CCCC[S+]([O-])Cc1ccccn1. The lowest BCUT2D eigenvalue weighted by Crippen LogP contribution is -2.09. The largest absolute Gasteiger partial charge is 0.616 e. The van der Waals surface area contributed by atoms with Gasteiger partial charge in [0.1, 0.15) is 11.5 Å². The molecule has 0 aromatic carbocycles. The van der Waals surface area contributed by atoms with Crippen LogP contribution < -0.4 is 0 Å². The van der Waals surface area contributed by atoms with E-state index in [4.69, 9.17) is 0 Å². The van der Waals surface area contributed by atoms with Crippen molar-refractivity contribution in [2.75, 3.05) is 5.75 Å². The number of hydrogen-bond donors (Lipinski definition) is 0. The highest BCUT2D eigenvalue weighted by atomic mass is 32.2. The van der Waals surface area contributed by atoms with Crippen LogP contribution in [0.5, 0.6) is 0 Å². The van der Waals surface area contributed by atoms with Gasteiger partial charge in [-0.25, -0.2) is 0 Å². The maximum atomic E-state index is 11.4. The number of unbranched alkanes of at least 4 members (excludes halogenated alkanes) is 1. The molecule has 0 spiro atoms. The highest BCUT2D eigenvalue weighted by molar-refractivity contribution is 7.90. The molecule has 1 heterocycles. The zero-order chi connectivity index (χ0) is 9.52. The van der Waals surface area contributed by atoms with Gasteiger partial charge in [-0.2, -0.15) is 0 Å². The van der Waals surface area contributed by atoms with Gasteiger partial charge in [0.05, 0.1) is 5.69 Å². The summed E-state index contributed by atoms with van der Waals surface area (Å²) in [6.07, 6.45) is 3.89. The van der Waals surface area contributed by atoms with Gasteiger partial charge in [-0.1, -0.05) is 19.4 Å². The Kier molecular flexibility index (Phi) is 4.86. The lowest BCUT2D eigenvalue weighted by molar-refractivity contribution is 0.590. The summed E-state index contributed by atoms with van der Waals surface area (Å²) in [7, 11) is 0. The Balaban J connectivity index is 2.32. The second-order valence-corrected chi connectivity index (χ2v) is 4.54. The second kappa shape index (κ2) is 6.00. The molecule has 0 saturated carbocycles. The Morgan fingerprint density at radius 3 is 2.92 bits per heavy atom. The number of rotatable bonds is 5. The molecule has 0 aliphatic carbocycles. The molecule has 13 heavy (non-hydrogen) atoms. The van der Waals surface area contributed by atoms with Gasteiger partial charge >= 0.3 is 0 Å². The summed E-state index contributed by atoms with van der Waals surface area (Å²) in [5.74, 6) is 1.40. The third-order valence-electron chi connectivity index (χ3n) is 1.76. The molecule has 0 aliphatic rings. The van der Waals surface area contributed by atoms with Crippen molar-refractivity contribution in [1.82, 2.24) is 4.98 Å². The fourth-order valence-corrected chi connectivity index (χ4v) is 2.28. The minimum atomic E-state index is -0.733. The van der Waals surface area contributed by atoms with E-state index in [1.54, 1.807) is 6.20 Å². The number of nitrogens with zero attached hydrogens (tertiary/aromatic N) is 1. The maximum absolute atomic E-state index is 11.4. The molecule has 1 aromatic rings. The topological polar surface area (TPSA) is 36.0 Å². The van der Waals surface area contributed by atoms with E-state index in [1.165, 1.54) is 0 Å². The average Bonchev–Trinajstić information content (AvgIpc) is 2.16. The minimum absolute atomic E-state index is 0.598. The minimum Gasteiger partial charge on any atom is -0.616 e. The van der Waals surface area contributed by atoms with E-state index < -0.39 is 11.2 Å². The van der Waals surface area contributed by atoms with Gasteiger partial charge in [-0.05, 0) is 29.7 Å². The lowest BCUT2D eigenvalue weighted by Gasteiger charge is -2.09. The standard InChI is InChI=1S/C10H15NOS/c1-2-3-8-13(12)9-10-6-4-5-7-11-10/h4-7H,2-3,8-9H2,1H3. The first-order valence-corrected chi connectivity index (χ1v) is 6.06. The van der Waals surface area contributed by atoms with Crippen molar-refractivity contribution < 1.29 is 4.55 Å². The smallest absolute Gasteiger partial charge is 0.147 e. The molecule has 0 bridgehead atoms. The van der Waals surface area contributed by atoms with Crippen molar-refractivity contribution in [3.63, 3.8) is 0 Å². The molecule has 1 aromatic heterocycles. The van der Waals surface area contributed by atoms with Crippen LogP contribution in [0.25, 0.3) is 0 Å². The second-order valence-electron chi connectivity index (χ2n) is 2.96. The van der Waals surface area contributed by atoms with Gasteiger partial charge in [0.2, 0.25) is 0 Å². The molecule has 1 unspecified atom stereocenters. The van der Waals surface area contributed by atoms with Crippen LogP contribution in [-0.4, -0.2) is 15.3 Å². The monoisotopic (exact) mass is 197 g/mol. The third-order valence-corrected chi connectivity index (χ3v) is 3.12. The van der Waals surface area contributed by atoms with Gasteiger partial charge < -0.3 is 4.55 Å². The van der Waals surface area contributed by atoms with Crippen molar-refractivity contribution in [3.05, 3.63) is 30.1 Å². The van der Waals surface area contributed by atoms with Crippen LogP contribution in [0.2, 0.25) is 0 Å². The molecular weight excluding hydrogens is 182 g/mol. The van der Waals surface area contributed by atoms with E-state index in [-0.39, 0.29) is 0 Å². The Bertz CT molecular complexity index is 228. The molecule has 72 valence electrons. The zero-order valence-electron chi connectivity index (χ0n) is 7.90. The molecule has 2 nitrogen and oxygen atoms in total. The van der Waals surface area contributed by atoms with Crippen LogP contribution in [0, 0.1) is 0 Å². The predicted molar refractivity (Wildman–Crippen MR) is 55.9 cm³/mol. The summed E-state index contributed by atoms with van der Waals surface area (Å²) >= 11 is -0.733. The Labute approximate surface area is 82.6 Å². The predicted octanol–water partition coefficient (Wildman–Crippen LogP) is 2.13. The molecule has 0 saturated heterocycles. The van der Waals surface area contributed by atoms with E-state index in [0.29, 0.717) is 5.75 Å². The van der Waals surface area contributed by atoms with Crippen molar-refractivity contribution in [3.8, 4) is 0 Å². The maximum Gasteiger partial charge on any atom is 0.147 e. The lowest BCUT2D eigenvalue weighted by atomic mass is 10.4. The molecule has 0 N–H and O–H groups in total. The summed E-state index contributed by atoms with van der Waals surface area (Å²) in [5, 5.41) is 0. The van der Waals surface area contributed by atoms with Crippen LogP contribution in [0.1, 0.15) is 25.5 Å². The fourth-order valence-electron chi connectivity index (χ4n) is 1.03. The van der Waals surface area contributed by atoms with Gasteiger partial charge in [0.25, 0.3) is 0 Å². The molecule has 0 aliphatic heterocycles. The van der Waals surface area contributed by atoms with E-state index in [9.17, 15) is 4.55 Å². The van der Waals surface area contributed by atoms with Crippen LogP contribution in [0.4, 0.5) is 0 Å². The number of hydrogen-bond acceptors (Lipinski definition) is 2. The normalized spacial score (nSPS) is 12.8. The van der Waals surface area contributed by atoms with E-state index in [1.807, 2.05) is 18.2 Å². The zero-order valence-corrected chi connectivity index (χ0v) is 8.72. The summed E-state index contributed by atoms with van der Waals surface area (Å²) < 4.78 is 11.4. The molecule has 0 radical (unpaired) electrons. The first kappa shape index (κ1) is 10.5. The fraction of sp³-hybridized carbons (Fsp3) is 0.500. The first-order valence-electron chi connectivity index (χ1n) is 4.58. The average molecular weight is 197 g/mol. The summed E-state index contributed by atoms with van der Waals surface area (Å²) in [5.41, 5.74) is 0.928. The summed E-state index contributed by atoms with van der Waals surface area (Å²) in [4.78, 5) is 4.13. The number of pyridine rings is 1. The van der Waals surface area contributed by atoms with Crippen molar-refractivity contribution in [2.45, 2.75) is 25.5 Å². The molecule has 0 amide bonds. The Morgan fingerprint density at radius 2 is 2.31 bits per heavy atom. The molecule has 3 heteroatoms. The van der Waals surface area contributed by atoms with Gasteiger partial charge in [-0.15, -0.1) is 0 Å². The Morgan fingerprint density at radius 1 is 1.46 bits per heavy atom. The highest BCUT2D eigenvalue weighted by Gasteiger charge is 2.06. The van der Waals surface area contributed by atoms with Crippen molar-refractivity contribution in [1.29, 1.82) is 0 Å². The van der Waals surface area contributed by atoms with Crippen molar-refractivity contribution >= 4 is 11.2 Å². The van der Waals surface area contributed by atoms with Crippen LogP contribution in [0.3, 0.4) is 0 Å². The molecule has 0 fully saturated rings. The van der Waals surface area contributed by atoms with Crippen LogP contribution in [0.15, 0.2) is 24.4 Å². The van der Waals surface area contributed by atoms with Crippen LogP contribution in [-0.2, 0) is 16.9 Å². The Hall–Kier alpha value is -0.540. The first-order chi connectivity index (χ1) is 6.33. The summed E-state index contributed by atoms with van der Waals surface area (Å²) in [6.45, 7) is 2.11. The molecule has 1 atom stereocenters. The molecule has 1 rings (SSSR count). The summed E-state index contributed by atoms with van der Waals surface area (Å²) in [6, 6.07) is 5.72. The molecular formula is C10H15NOS. The highest BCUT2D eigenvalue weighted by Crippen LogP contribution is 2.05. The van der Waals surface area contributed by atoms with Gasteiger partial charge in [0.15, 0.2) is 0 Å². The van der Waals surface area contributed by atoms with E-state index in [0.717, 1.165) is 24.3 Å². The third kappa shape index (κ3) is 4.29. The van der Waals surface area contributed by atoms with Crippen LogP contribution >= 0.6 is 0 Å².